The first-order valence-electron chi connectivity index (χ1n) is 6.85. The summed E-state index contributed by atoms with van der Waals surface area (Å²) in [5, 5.41) is 2.83. The molecule has 0 radical (unpaired) electrons. The highest BCUT2D eigenvalue weighted by molar-refractivity contribution is 6.30. The number of halogens is 1. The molecule has 6 nitrogen and oxygen atoms in total. The summed E-state index contributed by atoms with van der Waals surface area (Å²) in [5.74, 6) is -0.234. The summed E-state index contributed by atoms with van der Waals surface area (Å²) in [6.45, 7) is -0.133. The molecule has 0 spiro atoms. The molecule has 0 bridgehead atoms. The molecule has 2 N–H and O–H groups in total. The first-order chi connectivity index (χ1) is 9.56. The fraction of sp³-hybridized carbons (Fsp3) is 0.615. The summed E-state index contributed by atoms with van der Waals surface area (Å²) in [5.41, 5.74) is -1.27. The SMILES string of the molecule is O=C(Cn1cc(Cl)c(=O)[nH]c1=O)NC1CCCCCC1. The van der Waals surface area contributed by atoms with Gasteiger partial charge >= 0.3 is 5.69 Å². The fourth-order valence-electron chi connectivity index (χ4n) is 2.45. The number of hydrogen-bond acceptors (Lipinski definition) is 3. The lowest BCUT2D eigenvalue weighted by Gasteiger charge is -2.16. The molecule has 1 aromatic rings. The van der Waals surface area contributed by atoms with Gasteiger partial charge in [0, 0.05) is 12.2 Å². The Hall–Kier alpha value is -1.56. The highest BCUT2D eigenvalue weighted by Gasteiger charge is 2.15. The van der Waals surface area contributed by atoms with Crippen LogP contribution in [0.5, 0.6) is 0 Å². The van der Waals surface area contributed by atoms with Crippen LogP contribution in [0.4, 0.5) is 0 Å². The zero-order chi connectivity index (χ0) is 14.5. The van der Waals surface area contributed by atoms with E-state index in [-0.39, 0.29) is 23.5 Å². The molecule has 0 aromatic carbocycles. The van der Waals surface area contributed by atoms with Crippen molar-refractivity contribution < 1.29 is 4.79 Å². The van der Waals surface area contributed by atoms with Crippen LogP contribution in [0.1, 0.15) is 38.5 Å². The highest BCUT2D eigenvalue weighted by Crippen LogP contribution is 2.17. The van der Waals surface area contributed by atoms with Crippen molar-refractivity contribution in [3.8, 4) is 0 Å². The molecule has 110 valence electrons. The van der Waals surface area contributed by atoms with Gasteiger partial charge in [-0.3, -0.25) is 19.1 Å². The Balaban J connectivity index is 1.99. The molecule has 1 aliphatic carbocycles. The number of hydrogen-bond donors (Lipinski definition) is 2. The third-order valence-corrected chi connectivity index (χ3v) is 3.77. The van der Waals surface area contributed by atoms with Crippen LogP contribution in [-0.4, -0.2) is 21.5 Å². The third kappa shape index (κ3) is 3.96. The van der Waals surface area contributed by atoms with Crippen molar-refractivity contribution in [2.75, 3.05) is 0 Å². The molecule has 1 amide bonds. The van der Waals surface area contributed by atoms with Gasteiger partial charge < -0.3 is 5.32 Å². The van der Waals surface area contributed by atoms with Crippen LogP contribution in [0.15, 0.2) is 15.8 Å². The van der Waals surface area contributed by atoms with E-state index >= 15 is 0 Å². The normalized spacial score (nSPS) is 16.6. The molecule has 0 saturated heterocycles. The molecular weight excluding hydrogens is 282 g/mol. The van der Waals surface area contributed by atoms with E-state index in [2.05, 4.69) is 10.3 Å². The second kappa shape index (κ2) is 6.74. The number of nitrogens with one attached hydrogen (secondary N) is 2. The number of carbonyl (C=O) groups excluding carboxylic acids is 1. The Bertz CT molecular complexity index is 585. The number of H-pyrrole nitrogens is 1. The number of amides is 1. The minimum atomic E-state index is -0.642. The molecule has 7 heteroatoms. The summed E-state index contributed by atoms with van der Waals surface area (Å²) in [6.07, 6.45) is 7.81. The number of rotatable bonds is 3. The van der Waals surface area contributed by atoms with Crippen LogP contribution in [0.25, 0.3) is 0 Å². The standard InChI is InChI=1S/C13H18ClN3O3/c14-10-7-17(13(20)16-12(10)19)8-11(18)15-9-5-3-1-2-4-6-9/h7,9H,1-6,8H2,(H,15,18)(H,16,19,20). The lowest BCUT2D eigenvalue weighted by atomic mass is 10.1. The van der Waals surface area contributed by atoms with Crippen molar-refractivity contribution in [2.24, 2.45) is 0 Å². The van der Waals surface area contributed by atoms with Crippen molar-refractivity contribution in [3.63, 3.8) is 0 Å². The first-order valence-corrected chi connectivity index (χ1v) is 7.22. The lowest BCUT2D eigenvalue weighted by Crippen LogP contribution is -2.40. The van der Waals surface area contributed by atoms with E-state index in [0.29, 0.717) is 0 Å². The minimum Gasteiger partial charge on any atom is -0.352 e. The summed E-state index contributed by atoms with van der Waals surface area (Å²) >= 11 is 5.65. The third-order valence-electron chi connectivity index (χ3n) is 3.50. The van der Waals surface area contributed by atoms with Gasteiger partial charge in [-0.2, -0.15) is 0 Å². The van der Waals surface area contributed by atoms with Crippen LogP contribution in [0.2, 0.25) is 5.02 Å². The predicted octanol–water partition coefficient (Wildman–Crippen LogP) is 1.03. The summed E-state index contributed by atoms with van der Waals surface area (Å²) in [6, 6.07) is 0.180. The molecule has 0 atom stereocenters. The Morgan fingerprint density at radius 3 is 2.60 bits per heavy atom. The number of carbonyl (C=O) groups is 1. The van der Waals surface area contributed by atoms with E-state index in [1.54, 1.807) is 0 Å². The monoisotopic (exact) mass is 299 g/mol. The molecular formula is C13H18ClN3O3. The van der Waals surface area contributed by atoms with Crippen molar-refractivity contribution in [3.05, 3.63) is 32.1 Å². The van der Waals surface area contributed by atoms with Crippen LogP contribution >= 0.6 is 11.6 Å². The van der Waals surface area contributed by atoms with E-state index in [4.69, 9.17) is 11.6 Å². The molecule has 0 unspecified atom stereocenters. The van der Waals surface area contributed by atoms with Crippen molar-refractivity contribution in [2.45, 2.75) is 51.1 Å². The summed E-state index contributed by atoms with van der Waals surface area (Å²) < 4.78 is 1.11. The number of nitrogens with zero attached hydrogens (tertiary/aromatic N) is 1. The Morgan fingerprint density at radius 2 is 1.95 bits per heavy atom. The molecule has 1 aliphatic rings. The van der Waals surface area contributed by atoms with E-state index in [9.17, 15) is 14.4 Å². The maximum Gasteiger partial charge on any atom is 0.328 e. The van der Waals surface area contributed by atoms with Crippen molar-refractivity contribution >= 4 is 17.5 Å². The van der Waals surface area contributed by atoms with Crippen LogP contribution in [0, 0.1) is 0 Å². The van der Waals surface area contributed by atoms with Crippen LogP contribution < -0.4 is 16.6 Å². The van der Waals surface area contributed by atoms with E-state index in [1.807, 2.05) is 0 Å². The first kappa shape index (κ1) is 14.8. The molecule has 1 fully saturated rings. The Labute approximate surface area is 121 Å². The van der Waals surface area contributed by atoms with Gasteiger partial charge in [0.25, 0.3) is 5.56 Å². The summed E-state index contributed by atoms with van der Waals surface area (Å²) in [7, 11) is 0. The van der Waals surface area contributed by atoms with Crippen molar-refractivity contribution in [1.29, 1.82) is 0 Å². The van der Waals surface area contributed by atoms with Crippen molar-refractivity contribution in [1.82, 2.24) is 14.9 Å². The average molecular weight is 300 g/mol. The zero-order valence-corrected chi connectivity index (χ0v) is 11.9. The average Bonchev–Trinajstić information content (AvgIpc) is 2.64. The number of aromatic nitrogens is 2. The topological polar surface area (TPSA) is 84.0 Å². The Kier molecular flexibility index (Phi) is 5.00. The zero-order valence-electron chi connectivity index (χ0n) is 11.2. The maximum absolute atomic E-state index is 11.9. The second-order valence-electron chi connectivity index (χ2n) is 5.12. The van der Waals surface area contributed by atoms with E-state index in [1.165, 1.54) is 19.0 Å². The molecule has 1 saturated carbocycles. The molecule has 20 heavy (non-hydrogen) atoms. The van der Waals surface area contributed by atoms with Gasteiger partial charge in [0.15, 0.2) is 0 Å². The van der Waals surface area contributed by atoms with Gasteiger partial charge in [-0.25, -0.2) is 4.79 Å². The lowest BCUT2D eigenvalue weighted by molar-refractivity contribution is -0.122. The Morgan fingerprint density at radius 1 is 1.30 bits per heavy atom. The van der Waals surface area contributed by atoms with Gasteiger partial charge in [0.1, 0.15) is 11.6 Å². The maximum atomic E-state index is 11.9. The minimum absolute atomic E-state index is 0.105. The van der Waals surface area contributed by atoms with E-state index in [0.717, 1.165) is 30.3 Å². The van der Waals surface area contributed by atoms with Crippen LogP contribution in [-0.2, 0) is 11.3 Å². The fourth-order valence-corrected chi connectivity index (χ4v) is 2.62. The smallest absolute Gasteiger partial charge is 0.328 e. The van der Waals surface area contributed by atoms with Gasteiger partial charge in [0.2, 0.25) is 5.91 Å². The van der Waals surface area contributed by atoms with E-state index < -0.39 is 11.2 Å². The quantitative estimate of drug-likeness (QED) is 0.818. The summed E-state index contributed by atoms with van der Waals surface area (Å²) in [4.78, 5) is 36.7. The molecule has 0 aliphatic heterocycles. The van der Waals surface area contributed by atoms with Gasteiger partial charge in [-0.05, 0) is 12.8 Å². The van der Waals surface area contributed by atoms with Gasteiger partial charge in [-0.15, -0.1) is 0 Å². The van der Waals surface area contributed by atoms with Crippen LogP contribution in [0.3, 0.4) is 0 Å². The predicted molar refractivity (Wildman–Crippen MR) is 76.0 cm³/mol. The highest BCUT2D eigenvalue weighted by atomic mass is 35.5. The molecule has 2 rings (SSSR count). The second-order valence-corrected chi connectivity index (χ2v) is 5.53. The van der Waals surface area contributed by atoms with Gasteiger partial charge in [-0.1, -0.05) is 37.3 Å². The van der Waals surface area contributed by atoms with Gasteiger partial charge in [0.05, 0.1) is 0 Å². The molecule has 1 heterocycles. The number of aromatic amines is 1. The molecule has 1 aromatic heterocycles. The largest absolute Gasteiger partial charge is 0.352 e.